The van der Waals surface area contributed by atoms with Gasteiger partial charge in [0.05, 0.1) is 17.8 Å². The molecule has 0 saturated carbocycles. The van der Waals surface area contributed by atoms with Crippen molar-refractivity contribution in [3.63, 3.8) is 0 Å². The molecule has 0 aliphatic carbocycles. The maximum absolute atomic E-state index is 13.1. The van der Waals surface area contributed by atoms with E-state index in [0.29, 0.717) is 21.8 Å². The molecular weight excluding hydrogens is 350 g/mol. The van der Waals surface area contributed by atoms with Crippen LogP contribution in [0.3, 0.4) is 0 Å². The van der Waals surface area contributed by atoms with E-state index >= 15 is 0 Å². The van der Waals surface area contributed by atoms with Gasteiger partial charge in [0.25, 0.3) is 5.91 Å². The molecule has 0 unspecified atom stereocenters. The minimum Gasteiger partial charge on any atom is -0.348 e. The molecule has 0 saturated heterocycles. The third kappa shape index (κ3) is 2.80. The van der Waals surface area contributed by atoms with Crippen molar-refractivity contribution in [2.45, 2.75) is 18.9 Å². The van der Waals surface area contributed by atoms with Crippen molar-refractivity contribution < 1.29 is 9.59 Å². The molecule has 2 aromatic carbocycles. The van der Waals surface area contributed by atoms with Gasteiger partial charge >= 0.3 is 0 Å². The highest BCUT2D eigenvalue weighted by Crippen LogP contribution is 2.32. The summed E-state index contributed by atoms with van der Waals surface area (Å²) < 4.78 is 0. The molecule has 2 heterocycles. The summed E-state index contributed by atoms with van der Waals surface area (Å²) in [6.45, 7) is 1.81. The van der Waals surface area contributed by atoms with Crippen LogP contribution in [-0.2, 0) is 4.79 Å². The van der Waals surface area contributed by atoms with Gasteiger partial charge in [-0.3, -0.25) is 14.6 Å². The number of carbonyl (C=O) groups is 2. The highest BCUT2D eigenvalue weighted by Gasteiger charge is 2.36. The summed E-state index contributed by atoms with van der Waals surface area (Å²) in [4.78, 5) is 29.5. The van der Waals surface area contributed by atoms with Crippen LogP contribution in [0.15, 0.2) is 54.9 Å². The number of hydrogen-bond acceptors (Lipinski definition) is 3. The summed E-state index contributed by atoms with van der Waals surface area (Å²) in [6.07, 6.45) is 3.38. The van der Waals surface area contributed by atoms with Gasteiger partial charge in [0.1, 0.15) is 0 Å². The number of nitrogens with one attached hydrogen (secondary N) is 2. The number of amides is 2. The van der Waals surface area contributed by atoms with E-state index < -0.39 is 5.92 Å². The zero-order chi connectivity index (χ0) is 18.3. The molecule has 1 aromatic heterocycles. The predicted molar refractivity (Wildman–Crippen MR) is 101 cm³/mol. The second-order valence-electron chi connectivity index (χ2n) is 6.37. The average Bonchev–Trinajstić information content (AvgIpc) is 2.61. The summed E-state index contributed by atoms with van der Waals surface area (Å²) in [7, 11) is 0. The van der Waals surface area contributed by atoms with Gasteiger partial charge in [0, 0.05) is 33.6 Å². The van der Waals surface area contributed by atoms with Crippen LogP contribution in [0.25, 0.3) is 10.8 Å². The number of aromatic nitrogens is 1. The Morgan fingerprint density at radius 1 is 1.19 bits per heavy atom. The molecule has 4 rings (SSSR count). The fourth-order valence-electron chi connectivity index (χ4n) is 3.43. The van der Waals surface area contributed by atoms with Crippen molar-refractivity contribution in [3.8, 4) is 0 Å². The lowest BCUT2D eigenvalue weighted by Crippen LogP contribution is -2.46. The number of hydrogen-bond donors (Lipinski definition) is 2. The number of benzene rings is 2. The van der Waals surface area contributed by atoms with Crippen molar-refractivity contribution in [2.75, 3.05) is 5.32 Å². The predicted octanol–water partition coefficient (Wildman–Crippen LogP) is 3.74. The minimum absolute atomic E-state index is 0.194. The highest BCUT2D eigenvalue weighted by molar-refractivity contribution is 6.30. The van der Waals surface area contributed by atoms with E-state index in [4.69, 9.17) is 11.6 Å². The zero-order valence-corrected chi connectivity index (χ0v) is 14.7. The Morgan fingerprint density at radius 2 is 2.00 bits per heavy atom. The minimum atomic E-state index is -0.541. The lowest BCUT2D eigenvalue weighted by atomic mass is 9.84. The maximum Gasteiger partial charge on any atom is 0.251 e. The first kappa shape index (κ1) is 16.5. The fourth-order valence-corrected chi connectivity index (χ4v) is 3.61. The Labute approximate surface area is 155 Å². The van der Waals surface area contributed by atoms with Crippen LogP contribution in [0.1, 0.15) is 28.8 Å². The third-order valence-electron chi connectivity index (χ3n) is 4.66. The van der Waals surface area contributed by atoms with Crippen LogP contribution in [0.4, 0.5) is 5.69 Å². The molecular formula is C20H16ClN3O2. The van der Waals surface area contributed by atoms with Gasteiger partial charge < -0.3 is 10.6 Å². The summed E-state index contributed by atoms with van der Waals surface area (Å²) in [5, 5.41) is 8.17. The Morgan fingerprint density at radius 3 is 2.85 bits per heavy atom. The fraction of sp³-hybridized carbons (Fsp3) is 0.150. The van der Waals surface area contributed by atoms with Crippen LogP contribution >= 0.6 is 11.6 Å². The van der Waals surface area contributed by atoms with Crippen molar-refractivity contribution in [1.82, 2.24) is 10.3 Å². The van der Waals surface area contributed by atoms with Crippen LogP contribution in [0.5, 0.6) is 0 Å². The van der Waals surface area contributed by atoms with Crippen molar-refractivity contribution in [2.24, 2.45) is 0 Å². The molecule has 130 valence electrons. The van der Waals surface area contributed by atoms with Gasteiger partial charge in [-0.25, -0.2) is 0 Å². The van der Waals surface area contributed by atoms with E-state index in [1.807, 2.05) is 31.2 Å². The van der Waals surface area contributed by atoms with Gasteiger partial charge in [0.15, 0.2) is 0 Å². The van der Waals surface area contributed by atoms with Crippen molar-refractivity contribution >= 4 is 39.9 Å². The van der Waals surface area contributed by atoms with Crippen LogP contribution in [0.2, 0.25) is 5.02 Å². The Kier molecular flexibility index (Phi) is 4.09. The Bertz CT molecular complexity index is 1030. The lowest BCUT2D eigenvalue weighted by molar-refractivity contribution is -0.118. The molecule has 26 heavy (non-hydrogen) atoms. The van der Waals surface area contributed by atoms with E-state index in [2.05, 4.69) is 15.6 Å². The maximum atomic E-state index is 13.1. The Hall–Kier alpha value is -2.92. The standard InChI is InChI=1S/C20H16ClN3O2/c1-11-18(16-8-13(21)6-7-15(16)19(25)23-11)20(26)24-17-10-22-9-12-4-2-3-5-14(12)17/h2-11,18H,1H3,(H,23,25)(H,24,26)/t11-,18+/m0/s1. The number of pyridine rings is 1. The summed E-state index contributed by atoms with van der Waals surface area (Å²) >= 11 is 6.11. The molecule has 0 fully saturated rings. The summed E-state index contributed by atoms with van der Waals surface area (Å²) in [5.74, 6) is -0.945. The first-order chi connectivity index (χ1) is 12.5. The molecule has 2 N–H and O–H groups in total. The van der Waals surface area contributed by atoms with Gasteiger partial charge in [-0.1, -0.05) is 35.9 Å². The molecule has 5 nitrogen and oxygen atoms in total. The monoisotopic (exact) mass is 365 g/mol. The number of nitrogens with zero attached hydrogens (tertiary/aromatic N) is 1. The molecule has 3 aromatic rings. The number of halogens is 1. The quantitative estimate of drug-likeness (QED) is 0.726. The smallest absolute Gasteiger partial charge is 0.251 e. The average molecular weight is 366 g/mol. The molecule has 0 radical (unpaired) electrons. The SMILES string of the molecule is C[C@@H]1NC(=O)c2ccc(Cl)cc2[C@@H]1C(=O)Nc1cncc2ccccc12. The zero-order valence-electron chi connectivity index (χ0n) is 14.0. The molecule has 2 atom stereocenters. The van der Waals surface area contributed by atoms with E-state index in [1.165, 1.54) is 0 Å². The number of fused-ring (bicyclic) bond motifs is 2. The molecule has 0 bridgehead atoms. The van der Waals surface area contributed by atoms with E-state index in [0.717, 1.165) is 10.8 Å². The molecule has 6 heteroatoms. The van der Waals surface area contributed by atoms with Crippen molar-refractivity contribution in [1.29, 1.82) is 0 Å². The third-order valence-corrected chi connectivity index (χ3v) is 4.90. The molecule has 1 aliphatic rings. The van der Waals surface area contributed by atoms with Crippen LogP contribution in [0, 0.1) is 0 Å². The highest BCUT2D eigenvalue weighted by atomic mass is 35.5. The lowest BCUT2D eigenvalue weighted by Gasteiger charge is -2.31. The second-order valence-corrected chi connectivity index (χ2v) is 6.81. The number of anilines is 1. The number of carbonyl (C=O) groups excluding carboxylic acids is 2. The van der Waals surface area contributed by atoms with E-state index in [1.54, 1.807) is 30.6 Å². The Balaban J connectivity index is 1.73. The molecule has 0 spiro atoms. The van der Waals surface area contributed by atoms with Gasteiger partial charge in [-0.2, -0.15) is 0 Å². The van der Waals surface area contributed by atoms with Gasteiger partial charge in [-0.05, 0) is 30.7 Å². The van der Waals surface area contributed by atoms with Gasteiger partial charge in [-0.15, -0.1) is 0 Å². The van der Waals surface area contributed by atoms with Crippen LogP contribution in [-0.4, -0.2) is 22.8 Å². The van der Waals surface area contributed by atoms with Crippen LogP contribution < -0.4 is 10.6 Å². The summed E-state index contributed by atoms with van der Waals surface area (Å²) in [5.41, 5.74) is 1.75. The van der Waals surface area contributed by atoms with Crippen molar-refractivity contribution in [3.05, 3.63) is 71.0 Å². The number of rotatable bonds is 2. The molecule has 1 aliphatic heterocycles. The first-order valence-corrected chi connectivity index (χ1v) is 8.66. The second kappa shape index (κ2) is 6.42. The largest absolute Gasteiger partial charge is 0.348 e. The molecule has 2 amide bonds. The van der Waals surface area contributed by atoms with Gasteiger partial charge in [0.2, 0.25) is 5.91 Å². The first-order valence-electron chi connectivity index (χ1n) is 8.28. The normalized spacial score (nSPS) is 18.9. The van der Waals surface area contributed by atoms with E-state index in [-0.39, 0.29) is 17.9 Å². The summed E-state index contributed by atoms with van der Waals surface area (Å²) in [6, 6.07) is 12.4. The topological polar surface area (TPSA) is 71.1 Å². The van der Waals surface area contributed by atoms with E-state index in [9.17, 15) is 9.59 Å².